The van der Waals surface area contributed by atoms with Gasteiger partial charge in [-0.15, -0.1) is 0 Å². The van der Waals surface area contributed by atoms with Crippen molar-refractivity contribution in [2.24, 2.45) is 0 Å². The molecule has 0 atom stereocenters. The van der Waals surface area contributed by atoms with Gasteiger partial charge in [0.25, 0.3) is 0 Å². The van der Waals surface area contributed by atoms with Gasteiger partial charge in [-0.05, 0) is 13.0 Å². The van der Waals surface area contributed by atoms with Crippen LogP contribution in [-0.4, -0.2) is 20.4 Å². The molecule has 2 heterocycles. The van der Waals surface area contributed by atoms with Crippen LogP contribution in [0, 0.1) is 0 Å². The third-order valence-corrected chi connectivity index (χ3v) is 2.28. The Kier molecular flexibility index (Phi) is 2.68. The molecule has 0 unspecified atom stereocenters. The fourth-order valence-corrected chi connectivity index (χ4v) is 1.45. The summed E-state index contributed by atoms with van der Waals surface area (Å²) in [4.78, 5) is 15.1. The maximum Gasteiger partial charge on any atom is 0.157 e. The van der Waals surface area contributed by atoms with Crippen LogP contribution in [0.15, 0.2) is 18.3 Å². The average molecular weight is 224 g/mol. The minimum absolute atomic E-state index is 0.145. The van der Waals surface area contributed by atoms with Crippen LogP contribution in [0.25, 0.3) is 5.65 Å². The molecule has 0 radical (unpaired) electrons. The van der Waals surface area contributed by atoms with Gasteiger partial charge in [0.2, 0.25) is 0 Å². The van der Waals surface area contributed by atoms with Gasteiger partial charge >= 0.3 is 0 Å². The average Bonchev–Trinajstić information content (AvgIpc) is 2.56. The van der Waals surface area contributed by atoms with Crippen molar-refractivity contribution < 1.29 is 4.79 Å². The molecule has 0 fully saturated rings. The summed E-state index contributed by atoms with van der Waals surface area (Å²) in [6.07, 6.45) is 2.81. The molecule has 0 aliphatic rings. The van der Waals surface area contributed by atoms with Gasteiger partial charge < -0.3 is 4.79 Å². The topological polar surface area (TPSA) is 47.3 Å². The molecule has 15 heavy (non-hydrogen) atoms. The molecule has 0 amide bonds. The number of fused-ring (bicyclic) bond motifs is 1. The Morgan fingerprint density at radius 1 is 1.60 bits per heavy atom. The fourth-order valence-electron chi connectivity index (χ4n) is 1.30. The number of pyridine rings is 1. The summed E-state index contributed by atoms with van der Waals surface area (Å²) in [5.41, 5.74) is 0.709. The first-order valence-corrected chi connectivity index (χ1v) is 5.03. The van der Waals surface area contributed by atoms with Gasteiger partial charge in [0.05, 0.1) is 0 Å². The minimum atomic E-state index is 0.145. The van der Waals surface area contributed by atoms with Crippen LogP contribution in [0.2, 0.25) is 5.02 Å². The third-order valence-electron chi connectivity index (χ3n) is 2.04. The second-order valence-electron chi connectivity index (χ2n) is 3.38. The van der Waals surface area contributed by atoms with Crippen LogP contribution in [0.1, 0.15) is 19.2 Å². The summed E-state index contributed by atoms with van der Waals surface area (Å²) in [7, 11) is 0. The zero-order valence-corrected chi connectivity index (χ0v) is 9.03. The standard InChI is InChI=1S/C10H10ClN3O/c1-7(15)2-3-9-12-10-6-8(11)4-5-14(10)13-9/h4-6H,2-3H2,1H3. The van der Waals surface area contributed by atoms with Crippen molar-refractivity contribution in [3.8, 4) is 0 Å². The SMILES string of the molecule is CC(=O)CCc1nc2cc(Cl)ccn2n1. The van der Waals surface area contributed by atoms with Crippen molar-refractivity contribution in [2.45, 2.75) is 19.8 Å². The number of aryl methyl sites for hydroxylation is 1. The lowest BCUT2D eigenvalue weighted by atomic mass is 10.2. The van der Waals surface area contributed by atoms with E-state index in [1.165, 1.54) is 0 Å². The summed E-state index contributed by atoms with van der Waals surface area (Å²) < 4.78 is 1.65. The van der Waals surface area contributed by atoms with E-state index in [0.29, 0.717) is 29.3 Å². The largest absolute Gasteiger partial charge is 0.300 e. The highest BCUT2D eigenvalue weighted by Gasteiger charge is 2.04. The number of hydrogen-bond acceptors (Lipinski definition) is 3. The second kappa shape index (κ2) is 3.98. The first kappa shape index (κ1) is 10.1. The molecule has 2 aromatic heterocycles. The van der Waals surface area contributed by atoms with Crippen molar-refractivity contribution in [3.05, 3.63) is 29.2 Å². The fraction of sp³-hybridized carbons (Fsp3) is 0.300. The Hall–Kier alpha value is -1.42. The van der Waals surface area contributed by atoms with Gasteiger partial charge in [-0.3, -0.25) is 0 Å². The summed E-state index contributed by atoms with van der Waals surface area (Å²) in [5.74, 6) is 0.819. The number of nitrogens with zero attached hydrogens (tertiary/aromatic N) is 3. The highest BCUT2D eigenvalue weighted by molar-refractivity contribution is 6.30. The lowest BCUT2D eigenvalue weighted by molar-refractivity contribution is -0.117. The lowest BCUT2D eigenvalue weighted by Gasteiger charge is -1.89. The number of aromatic nitrogens is 3. The van der Waals surface area contributed by atoms with E-state index in [1.807, 2.05) is 0 Å². The Bertz CT molecular complexity index is 506. The van der Waals surface area contributed by atoms with Crippen molar-refractivity contribution in [3.63, 3.8) is 0 Å². The predicted molar refractivity (Wildman–Crippen MR) is 57.0 cm³/mol. The van der Waals surface area contributed by atoms with E-state index in [4.69, 9.17) is 11.6 Å². The molecular weight excluding hydrogens is 214 g/mol. The molecule has 0 saturated heterocycles. The molecule has 0 N–H and O–H groups in total. The van der Waals surface area contributed by atoms with Crippen LogP contribution in [0.3, 0.4) is 0 Å². The highest BCUT2D eigenvalue weighted by Crippen LogP contribution is 2.11. The molecule has 0 spiro atoms. The molecule has 4 nitrogen and oxygen atoms in total. The molecule has 78 valence electrons. The highest BCUT2D eigenvalue weighted by atomic mass is 35.5. The monoisotopic (exact) mass is 223 g/mol. The predicted octanol–water partition coefficient (Wildman–Crippen LogP) is 1.90. The summed E-state index contributed by atoms with van der Waals surface area (Å²) in [6, 6.07) is 3.49. The molecule has 0 aromatic carbocycles. The molecular formula is C10H10ClN3O. The third kappa shape index (κ3) is 2.33. The number of ketones is 1. The van der Waals surface area contributed by atoms with E-state index in [-0.39, 0.29) is 5.78 Å². The number of hydrogen-bond donors (Lipinski definition) is 0. The Balaban J connectivity index is 2.27. The van der Waals surface area contributed by atoms with Gasteiger partial charge in [0, 0.05) is 30.1 Å². The first-order valence-electron chi connectivity index (χ1n) is 4.65. The second-order valence-corrected chi connectivity index (χ2v) is 3.81. The Labute approximate surface area is 91.9 Å². The lowest BCUT2D eigenvalue weighted by Crippen LogP contribution is -1.96. The van der Waals surface area contributed by atoms with Crippen LogP contribution in [0.5, 0.6) is 0 Å². The molecule has 2 aromatic rings. The van der Waals surface area contributed by atoms with Crippen molar-refractivity contribution in [1.82, 2.24) is 14.6 Å². The normalized spacial score (nSPS) is 10.8. The molecule has 0 aliphatic heterocycles. The number of rotatable bonds is 3. The van der Waals surface area contributed by atoms with Crippen LogP contribution < -0.4 is 0 Å². The summed E-state index contributed by atoms with van der Waals surface area (Å²) in [5, 5.41) is 4.85. The number of carbonyl (C=O) groups is 1. The van der Waals surface area contributed by atoms with Gasteiger partial charge in [0.15, 0.2) is 11.5 Å². The Morgan fingerprint density at radius 2 is 2.40 bits per heavy atom. The van der Waals surface area contributed by atoms with Gasteiger partial charge in [0.1, 0.15) is 5.78 Å². The number of Topliss-reactive ketones (excluding diaryl/α,β-unsaturated/α-hetero) is 1. The van der Waals surface area contributed by atoms with Crippen molar-refractivity contribution >= 4 is 23.0 Å². The molecule has 0 bridgehead atoms. The number of carbonyl (C=O) groups excluding carboxylic acids is 1. The molecule has 2 rings (SSSR count). The van der Waals surface area contributed by atoms with Crippen LogP contribution >= 0.6 is 11.6 Å². The summed E-state index contributed by atoms with van der Waals surface area (Å²) in [6.45, 7) is 1.56. The first-order chi connectivity index (χ1) is 7.15. The maximum absolute atomic E-state index is 10.8. The van der Waals surface area contributed by atoms with Crippen LogP contribution in [-0.2, 0) is 11.2 Å². The van der Waals surface area contributed by atoms with E-state index in [9.17, 15) is 4.79 Å². The zero-order valence-electron chi connectivity index (χ0n) is 8.27. The van der Waals surface area contributed by atoms with Crippen molar-refractivity contribution in [2.75, 3.05) is 0 Å². The van der Waals surface area contributed by atoms with E-state index < -0.39 is 0 Å². The molecule has 0 aliphatic carbocycles. The minimum Gasteiger partial charge on any atom is -0.300 e. The van der Waals surface area contributed by atoms with Gasteiger partial charge in [-0.25, -0.2) is 9.50 Å². The Morgan fingerprint density at radius 3 is 3.13 bits per heavy atom. The van der Waals surface area contributed by atoms with E-state index in [0.717, 1.165) is 0 Å². The van der Waals surface area contributed by atoms with E-state index >= 15 is 0 Å². The van der Waals surface area contributed by atoms with Crippen molar-refractivity contribution in [1.29, 1.82) is 0 Å². The maximum atomic E-state index is 10.8. The van der Waals surface area contributed by atoms with Gasteiger partial charge in [-0.1, -0.05) is 11.6 Å². The van der Waals surface area contributed by atoms with E-state index in [2.05, 4.69) is 10.1 Å². The zero-order chi connectivity index (χ0) is 10.8. The number of halogens is 1. The quantitative estimate of drug-likeness (QED) is 0.799. The molecule has 5 heteroatoms. The van der Waals surface area contributed by atoms with Gasteiger partial charge in [-0.2, -0.15) is 5.10 Å². The van der Waals surface area contributed by atoms with E-state index in [1.54, 1.807) is 29.8 Å². The van der Waals surface area contributed by atoms with Crippen LogP contribution in [0.4, 0.5) is 0 Å². The smallest absolute Gasteiger partial charge is 0.157 e. The summed E-state index contributed by atoms with van der Waals surface area (Å²) >= 11 is 5.82. The molecule has 0 saturated carbocycles.